The highest BCUT2D eigenvalue weighted by molar-refractivity contribution is 4.85. The molecule has 1 N–H and O–H groups in total. The summed E-state index contributed by atoms with van der Waals surface area (Å²) in [5, 5.41) is 10.1. The minimum atomic E-state index is -0.493. The lowest BCUT2D eigenvalue weighted by molar-refractivity contribution is -0.0760. The van der Waals surface area contributed by atoms with Crippen molar-refractivity contribution in [1.82, 2.24) is 0 Å². The van der Waals surface area contributed by atoms with E-state index in [-0.39, 0.29) is 6.10 Å². The molecule has 1 rings (SSSR count). The lowest BCUT2D eigenvalue weighted by atomic mass is 9.77. The lowest BCUT2D eigenvalue weighted by Gasteiger charge is -2.37. The topological polar surface area (TPSA) is 29.5 Å². The molecule has 0 aromatic heterocycles. The third-order valence-corrected chi connectivity index (χ3v) is 3.00. The van der Waals surface area contributed by atoms with Crippen molar-refractivity contribution in [3.05, 3.63) is 0 Å². The summed E-state index contributed by atoms with van der Waals surface area (Å²) in [6, 6.07) is 0. The van der Waals surface area contributed by atoms with E-state index in [2.05, 4.69) is 0 Å². The molecular formula is C11H22O2. The van der Waals surface area contributed by atoms with E-state index >= 15 is 0 Å². The quantitative estimate of drug-likeness (QED) is 0.733. The molecule has 13 heavy (non-hydrogen) atoms. The Labute approximate surface area is 81.3 Å². The van der Waals surface area contributed by atoms with Gasteiger partial charge in [-0.05, 0) is 33.6 Å². The van der Waals surface area contributed by atoms with Crippen LogP contribution < -0.4 is 0 Å². The number of hydrogen-bond donors (Lipinski definition) is 1. The summed E-state index contributed by atoms with van der Waals surface area (Å²) < 4.78 is 5.56. The van der Waals surface area contributed by atoms with Gasteiger partial charge in [0.05, 0.1) is 18.3 Å². The summed E-state index contributed by atoms with van der Waals surface area (Å²) in [5.74, 6) is 0.337. The molecule has 0 aromatic carbocycles. The van der Waals surface area contributed by atoms with Gasteiger partial charge in [-0.25, -0.2) is 0 Å². The Morgan fingerprint density at radius 1 is 1.46 bits per heavy atom. The third kappa shape index (κ3) is 3.28. The molecule has 0 aromatic rings. The van der Waals surface area contributed by atoms with Crippen LogP contribution in [0.5, 0.6) is 0 Å². The maximum atomic E-state index is 10.1. The van der Waals surface area contributed by atoms with Gasteiger partial charge in [0, 0.05) is 5.92 Å². The van der Waals surface area contributed by atoms with E-state index in [4.69, 9.17) is 4.74 Å². The minimum absolute atomic E-state index is 0.276. The first-order valence-electron chi connectivity index (χ1n) is 5.36. The Balaban J connectivity index is 2.37. The summed E-state index contributed by atoms with van der Waals surface area (Å²) in [4.78, 5) is 0. The van der Waals surface area contributed by atoms with Gasteiger partial charge in [-0.15, -0.1) is 0 Å². The second-order valence-corrected chi connectivity index (χ2v) is 4.68. The van der Waals surface area contributed by atoms with Crippen molar-refractivity contribution in [3.8, 4) is 0 Å². The van der Waals surface area contributed by atoms with E-state index in [9.17, 15) is 5.11 Å². The Kier molecular flexibility index (Phi) is 3.74. The molecule has 1 aliphatic carbocycles. The van der Waals surface area contributed by atoms with Crippen LogP contribution >= 0.6 is 0 Å². The molecule has 2 unspecified atom stereocenters. The zero-order chi connectivity index (χ0) is 9.90. The Morgan fingerprint density at radius 3 is 2.69 bits per heavy atom. The maximum Gasteiger partial charge on any atom is 0.0669 e. The van der Waals surface area contributed by atoms with E-state index in [1.165, 1.54) is 6.42 Å². The molecule has 1 fully saturated rings. The molecule has 2 atom stereocenters. The average Bonchev–Trinajstić information content (AvgIpc) is 2.01. The molecule has 0 saturated heterocycles. The van der Waals surface area contributed by atoms with Crippen molar-refractivity contribution in [1.29, 1.82) is 0 Å². The second-order valence-electron chi connectivity index (χ2n) is 4.68. The highest BCUT2D eigenvalue weighted by Crippen LogP contribution is 2.33. The first-order valence-corrected chi connectivity index (χ1v) is 5.36. The van der Waals surface area contributed by atoms with Gasteiger partial charge in [0.1, 0.15) is 0 Å². The van der Waals surface area contributed by atoms with Crippen LogP contribution in [-0.2, 0) is 4.74 Å². The van der Waals surface area contributed by atoms with Crippen molar-refractivity contribution < 1.29 is 9.84 Å². The summed E-state index contributed by atoms with van der Waals surface area (Å²) >= 11 is 0. The predicted molar refractivity (Wildman–Crippen MR) is 53.7 cm³/mol. The maximum absolute atomic E-state index is 10.1. The molecule has 78 valence electrons. The van der Waals surface area contributed by atoms with Crippen molar-refractivity contribution in [2.24, 2.45) is 5.92 Å². The number of rotatable bonds is 3. The highest BCUT2D eigenvalue weighted by Gasteiger charge is 2.34. The number of hydrogen-bond acceptors (Lipinski definition) is 2. The standard InChI is InChI=1S/C11H22O2/c1-9(2)13-8-10-6-4-5-7-11(10,3)12/h9-10,12H,4-8H2,1-3H3. The van der Waals surface area contributed by atoms with E-state index in [1.807, 2.05) is 20.8 Å². The molecule has 1 saturated carbocycles. The van der Waals surface area contributed by atoms with Crippen LogP contribution in [0.3, 0.4) is 0 Å². The summed E-state index contributed by atoms with van der Waals surface area (Å²) in [7, 11) is 0. The fraction of sp³-hybridized carbons (Fsp3) is 1.00. The average molecular weight is 186 g/mol. The van der Waals surface area contributed by atoms with Gasteiger partial charge < -0.3 is 9.84 Å². The zero-order valence-corrected chi connectivity index (χ0v) is 9.05. The molecule has 0 amide bonds. The summed E-state index contributed by atoms with van der Waals surface area (Å²) in [6.07, 6.45) is 4.71. The molecule has 0 aliphatic heterocycles. The number of aliphatic hydroxyl groups is 1. The Hall–Kier alpha value is -0.0800. The van der Waals surface area contributed by atoms with E-state index in [1.54, 1.807) is 0 Å². The van der Waals surface area contributed by atoms with Crippen molar-refractivity contribution >= 4 is 0 Å². The van der Waals surface area contributed by atoms with Gasteiger partial charge in [0.15, 0.2) is 0 Å². The molecule has 0 bridgehead atoms. The number of ether oxygens (including phenoxy) is 1. The zero-order valence-electron chi connectivity index (χ0n) is 9.05. The molecule has 2 heteroatoms. The minimum Gasteiger partial charge on any atom is -0.390 e. The van der Waals surface area contributed by atoms with Crippen LogP contribution in [0.15, 0.2) is 0 Å². The van der Waals surface area contributed by atoms with Crippen LogP contribution in [0.1, 0.15) is 46.5 Å². The molecule has 0 radical (unpaired) electrons. The summed E-state index contributed by atoms with van der Waals surface area (Å²) in [6.45, 7) is 6.74. The van der Waals surface area contributed by atoms with Gasteiger partial charge in [-0.3, -0.25) is 0 Å². The van der Waals surface area contributed by atoms with Gasteiger partial charge in [-0.2, -0.15) is 0 Å². The van der Waals surface area contributed by atoms with Gasteiger partial charge in [0.2, 0.25) is 0 Å². The van der Waals surface area contributed by atoms with Crippen LogP contribution in [0.2, 0.25) is 0 Å². The SMILES string of the molecule is CC(C)OCC1CCCCC1(C)O. The van der Waals surface area contributed by atoms with Crippen LogP contribution in [-0.4, -0.2) is 23.4 Å². The monoisotopic (exact) mass is 186 g/mol. The molecule has 0 spiro atoms. The molecule has 2 nitrogen and oxygen atoms in total. The van der Waals surface area contributed by atoms with Gasteiger partial charge in [-0.1, -0.05) is 12.8 Å². The van der Waals surface area contributed by atoms with Crippen LogP contribution in [0, 0.1) is 5.92 Å². The van der Waals surface area contributed by atoms with E-state index < -0.39 is 5.60 Å². The fourth-order valence-corrected chi connectivity index (χ4v) is 1.96. The van der Waals surface area contributed by atoms with Crippen molar-refractivity contribution in [3.63, 3.8) is 0 Å². The third-order valence-electron chi connectivity index (χ3n) is 3.00. The van der Waals surface area contributed by atoms with Crippen molar-refractivity contribution in [2.75, 3.05) is 6.61 Å². The molecule has 0 heterocycles. The van der Waals surface area contributed by atoms with Crippen LogP contribution in [0.25, 0.3) is 0 Å². The van der Waals surface area contributed by atoms with Gasteiger partial charge >= 0.3 is 0 Å². The Bertz CT molecular complexity index is 152. The van der Waals surface area contributed by atoms with Crippen molar-refractivity contribution in [2.45, 2.75) is 58.2 Å². The fourth-order valence-electron chi connectivity index (χ4n) is 1.96. The second kappa shape index (κ2) is 4.43. The summed E-state index contributed by atoms with van der Waals surface area (Å²) in [5.41, 5.74) is -0.493. The van der Waals surface area contributed by atoms with Crippen LogP contribution in [0.4, 0.5) is 0 Å². The van der Waals surface area contributed by atoms with Gasteiger partial charge in [0.25, 0.3) is 0 Å². The molecular weight excluding hydrogens is 164 g/mol. The lowest BCUT2D eigenvalue weighted by Crippen LogP contribution is -2.40. The first kappa shape index (κ1) is 11.0. The van der Waals surface area contributed by atoms with E-state index in [0.29, 0.717) is 12.5 Å². The first-order chi connectivity index (χ1) is 6.02. The highest BCUT2D eigenvalue weighted by atomic mass is 16.5. The largest absolute Gasteiger partial charge is 0.390 e. The predicted octanol–water partition coefficient (Wildman–Crippen LogP) is 2.35. The normalized spacial score (nSPS) is 35.3. The Morgan fingerprint density at radius 2 is 2.15 bits per heavy atom. The smallest absolute Gasteiger partial charge is 0.0669 e. The van der Waals surface area contributed by atoms with E-state index in [0.717, 1.165) is 19.3 Å². The molecule has 1 aliphatic rings.